The van der Waals surface area contributed by atoms with Gasteiger partial charge in [0.1, 0.15) is 6.07 Å². The summed E-state index contributed by atoms with van der Waals surface area (Å²) >= 11 is 5.87. The highest BCUT2D eigenvalue weighted by molar-refractivity contribution is 6.31. The topological polar surface area (TPSA) is 61.8 Å². The lowest BCUT2D eigenvalue weighted by atomic mass is 10.2. The Balaban J connectivity index is 2.08. The van der Waals surface area contributed by atoms with Crippen molar-refractivity contribution < 1.29 is 0 Å². The first-order valence-corrected chi connectivity index (χ1v) is 5.78. The number of benzene rings is 1. The number of nitrogens with one attached hydrogen (secondary N) is 1. The van der Waals surface area contributed by atoms with Gasteiger partial charge < -0.3 is 11.1 Å². The van der Waals surface area contributed by atoms with Gasteiger partial charge in [-0.25, -0.2) is 0 Å². The molecular weight excluding hydrogens is 222 g/mol. The van der Waals surface area contributed by atoms with Crippen LogP contribution in [0.2, 0.25) is 5.02 Å². The number of nitrogens with two attached hydrogens (primary N) is 1. The van der Waals surface area contributed by atoms with Gasteiger partial charge in [0.05, 0.1) is 10.6 Å². The molecule has 16 heavy (non-hydrogen) atoms. The van der Waals surface area contributed by atoms with Gasteiger partial charge in [-0.2, -0.15) is 5.26 Å². The van der Waals surface area contributed by atoms with E-state index in [-0.39, 0.29) is 0 Å². The van der Waals surface area contributed by atoms with Gasteiger partial charge in [0.15, 0.2) is 0 Å². The van der Waals surface area contributed by atoms with E-state index in [1.54, 1.807) is 12.1 Å². The number of nitrogens with zero attached hydrogens (tertiary/aromatic N) is 1. The highest BCUT2D eigenvalue weighted by atomic mass is 35.5. The van der Waals surface area contributed by atoms with Gasteiger partial charge in [-0.3, -0.25) is 0 Å². The van der Waals surface area contributed by atoms with E-state index >= 15 is 0 Å². The van der Waals surface area contributed by atoms with Crippen LogP contribution in [0.1, 0.15) is 24.8 Å². The van der Waals surface area contributed by atoms with Gasteiger partial charge in [-0.1, -0.05) is 11.6 Å². The summed E-state index contributed by atoms with van der Waals surface area (Å²) in [6.45, 7) is 0. The molecule has 0 heterocycles. The summed E-state index contributed by atoms with van der Waals surface area (Å²) in [5, 5.41) is 12.7. The van der Waals surface area contributed by atoms with Crippen LogP contribution in [0.3, 0.4) is 0 Å². The lowest BCUT2D eigenvalue weighted by molar-refractivity contribution is 0.688. The predicted molar refractivity (Wildman–Crippen MR) is 65.4 cm³/mol. The van der Waals surface area contributed by atoms with Crippen molar-refractivity contribution in [3.63, 3.8) is 0 Å². The van der Waals surface area contributed by atoms with E-state index in [1.165, 1.54) is 0 Å². The Morgan fingerprint density at radius 2 is 2.25 bits per heavy atom. The van der Waals surface area contributed by atoms with E-state index in [0.29, 0.717) is 22.7 Å². The molecule has 1 aromatic carbocycles. The molecule has 1 aliphatic carbocycles. The maximum Gasteiger partial charge on any atom is 0.101 e. The summed E-state index contributed by atoms with van der Waals surface area (Å²) in [6, 6.07) is 8.22. The van der Waals surface area contributed by atoms with Crippen molar-refractivity contribution in [2.45, 2.75) is 31.3 Å². The maximum atomic E-state index is 8.86. The first-order chi connectivity index (χ1) is 7.69. The summed E-state index contributed by atoms with van der Waals surface area (Å²) in [4.78, 5) is 0. The number of halogens is 1. The lowest BCUT2D eigenvalue weighted by Gasteiger charge is -2.14. The second-order valence-corrected chi connectivity index (χ2v) is 4.63. The molecule has 1 saturated carbocycles. The van der Waals surface area contributed by atoms with Gasteiger partial charge in [0, 0.05) is 17.8 Å². The Morgan fingerprint density at radius 3 is 2.88 bits per heavy atom. The summed E-state index contributed by atoms with van der Waals surface area (Å²) in [5.41, 5.74) is 7.30. The average molecular weight is 236 g/mol. The third kappa shape index (κ3) is 2.46. The van der Waals surface area contributed by atoms with Gasteiger partial charge in [0.2, 0.25) is 0 Å². The molecular formula is C12H14ClN3. The molecule has 1 aromatic rings. The average Bonchev–Trinajstić information content (AvgIpc) is 2.67. The number of hydrogen-bond acceptors (Lipinski definition) is 3. The number of hydrogen-bond donors (Lipinski definition) is 2. The monoisotopic (exact) mass is 235 g/mol. The van der Waals surface area contributed by atoms with Crippen LogP contribution in [0, 0.1) is 11.3 Å². The largest absolute Gasteiger partial charge is 0.382 e. The predicted octanol–water partition coefficient (Wildman–Crippen LogP) is 2.50. The summed E-state index contributed by atoms with van der Waals surface area (Å²) in [7, 11) is 0. The molecule has 4 heteroatoms. The lowest BCUT2D eigenvalue weighted by Crippen LogP contribution is -2.20. The highest BCUT2D eigenvalue weighted by Crippen LogP contribution is 2.24. The van der Waals surface area contributed by atoms with Crippen molar-refractivity contribution in [3.8, 4) is 6.07 Å². The maximum absolute atomic E-state index is 8.86. The molecule has 2 atom stereocenters. The van der Waals surface area contributed by atoms with E-state index in [2.05, 4.69) is 11.4 Å². The van der Waals surface area contributed by atoms with Gasteiger partial charge in [0.25, 0.3) is 0 Å². The van der Waals surface area contributed by atoms with Crippen LogP contribution in [-0.4, -0.2) is 12.1 Å². The molecule has 0 saturated heterocycles. The Kier molecular flexibility index (Phi) is 3.33. The third-order valence-electron chi connectivity index (χ3n) is 2.93. The van der Waals surface area contributed by atoms with E-state index < -0.39 is 0 Å². The fraction of sp³-hybridized carbons (Fsp3) is 0.417. The third-order valence-corrected chi connectivity index (χ3v) is 3.26. The molecule has 1 fully saturated rings. The van der Waals surface area contributed by atoms with E-state index in [1.807, 2.05) is 6.07 Å². The van der Waals surface area contributed by atoms with Gasteiger partial charge in [-0.05, 0) is 37.5 Å². The molecule has 0 aliphatic heterocycles. The van der Waals surface area contributed by atoms with Crippen LogP contribution in [0.25, 0.3) is 0 Å². The fourth-order valence-electron chi connectivity index (χ4n) is 2.08. The minimum absolute atomic E-state index is 0.306. The minimum atomic E-state index is 0.306. The van der Waals surface area contributed by atoms with Crippen LogP contribution < -0.4 is 11.1 Å². The minimum Gasteiger partial charge on any atom is -0.382 e. The van der Waals surface area contributed by atoms with Crippen molar-refractivity contribution in [3.05, 3.63) is 28.8 Å². The zero-order valence-corrected chi connectivity index (χ0v) is 9.67. The summed E-state index contributed by atoms with van der Waals surface area (Å²) in [6.07, 6.45) is 3.15. The first kappa shape index (κ1) is 11.3. The number of rotatable bonds is 2. The fourth-order valence-corrected chi connectivity index (χ4v) is 2.24. The molecule has 0 radical (unpaired) electrons. The van der Waals surface area contributed by atoms with Crippen LogP contribution in [0.5, 0.6) is 0 Å². The molecule has 0 amide bonds. The Labute approximate surface area is 100 Å². The molecule has 0 spiro atoms. The Hall–Kier alpha value is -1.24. The smallest absolute Gasteiger partial charge is 0.101 e. The Bertz CT molecular complexity index is 425. The Morgan fingerprint density at radius 1 is 1.44 bits per heavy atom. The van der Waals surface area contributed by atoms with Crippen LogP contribution in [-0.2, 0) is 0 Å². The normalized spacial score (nSPS) is 24.1. The second-order valence-electron chi connectivity index (χ2n) is 4.22. The molecule has 2 rings (SSSR count). The molecule has 84 valence electrons. The molecule has 1 aliphatic rings. The van der Waals surface area contributed by atoms with Crippen molar-refractivity contribution >= 4 is 17.3 Å². The zero-order valence-electron chi connectivity index (χ0n) is 8.91. The SMILES string of the molecule is N#Cc1cc(NC2CCC(N)C2)ccc1Cl. The van der Waals surface area contributed by atoms with E-state index in [4.69, 9.17) is 22.6 Å². The summed E-state index contributed by atoms with van der Waals surface area (Å²) in [5.74, 6) is 0. The van der Waals surface area contributed by atoms with Crippen molar-refractivity contribution in [2.75, 3.05) is 5.32 Å². The quantitative estimate of drug-likeness (QED) is 0.828. The van der Waals surface area contributed by atoms with Gasteiger partial charge >= 0.3 is 0 Å². The zero-order chi connectivity index (χ0) is 11.5. The molecule has 3 nitrogen and oxygen atoms in total. The highest BCUT2D eigenvalue weighted by Gasteiger charge is 2.21. The molecule has 2 unspecified atom stereocenters. The number of nitriles is 1. The van der Waals surface area contributed by atoms with E-state index in [9.17, 15) is 0 Å². The molecule has 0 aromatic heterocycles. The van der Waals surface area contributed by atoms with Crippen molar-refractivity contribution in [2.24, 2.45) is 5.73 Å². The van der Waals surface area contributed by atoms with Crippen LogP contribution in [0.15, 0.2) is 18.2 Å². The van der Waals surface area contributed by atoms with Crippen molar-refractivity contribution in [1.82, 2.24) is 0 Å². The first-order valence-electron chi connectivity index (χ1n) is 5.41. The van der Waals surface area contributed by atoms with Gasteiger partial charge in [-0.15, -0.1) is 0 Å². The summed E-state index contributed by atoms with van der Waals surface area (Å²) < 4.78 is 0. The molecule has 0 bridgehead atoms. The molecule has 3 N–H and O–H groups in total. The van der Waals surface area contributed by atoms with Crippen LogP contribution >= 0.6 is 11.6 Å². The van der Waals surface area contributed by atoms with Crippen molar-refractivity contribution in [1.29, 1.82) is 5.26 Å². The number of anilines is 1. The van der Waals surface area contributed by atoms with Crippen LogP contribution in [0.4, 0.5) is 5.69 Å². The van der Waals surface area contributed by atoms with E-state index in [0.717, 1.165) is 24.9 Å². The standard InChI is InChI=1S/C12H14ClN3/c13-12-4-3-10(5-8(12)7-14)16-11-2-1-9(15)6-11/h3-5,9,11,16H,1-2,6,15H2. The second kappa shape index (κ2) is 4.73.